The molecule has 0 unspecified atom stereocenters. The van der Waals surface area contributed by atoms with E-state index in [0.29, 0.717) is 12.1 Å². The summed E-state index contributed by atoms with van der Waals surface area (Å²) in [6.45, 7) is 8.73. The van der Waals surface area contributed by atoms with Crippen molar-refractivity contribution in [2.45, 2.75) is 52.6 Å². The molecular formula is C11H21N3. The van der Waals surface area contributed by atoms with E-state index in [1.165, 1.54) is 0 Å². The van der Waals surface area contributed by atoms with Gasteiger partial charge < -0.3 is 9.88 Å². The fourth-order valence-corrected chi connectivity index (χ4v) is 1.52. The maximum atomic E-state index is 4.32. The van der Waals surface area contributed by atoms with Gasteiger partial charge in [-0.15, -0.1) is 0 Å². The number of anilines is 1. The normalized spacial score (nSPS) is 11.3. The zero-order chi connectivity index (χ0) is 10.6. The van der Waals surface area contributed by atoms with E-state index in [4.69, 9.17) is 0 Å². The monoisotopic (exact) mass is 195 g/mol. The Kier molecular flexibility index (Phi) is 3.98. The van der Waals surface area contributed by atoms with Crippen molar-refractivity contribution in [2.24, 2.45) is 0 Å². The molecule has 0 radical (unpaired) electrons. The summed E-state index contributed by atoms with van der Waals surface area (Å²) >= 11 is 0. The molecule has 0 bridgehead atoms. The van der Waals surface area contributed by atoms with Crippen LogP contribution < -0.4 is 5.32 Å². The molecule has 0 atom stereocenters. The molecule has 3 heteroatoms. The second kappa shape index (κ2) is 5.03. The van der Waals surface area contributed by atoms with Crippen LogP contribution in [0.4, 0.5) is 5.95 Å². The van der Waals surface area contributed by atoms with E-state index in [-0.39, 0.29) is 0 Å². The van der Waals surface area contributed by atoms with Crippen LogP contribution in [0.15, 0.2) is 12.4 Å². The van der Waals surface area contributed by atoms with Crippen LogP contribution in [-0.4, -0.2) is 15.6 Å². The van der Waals surface area contributed by atoms with Crippen LogP contribution in [0.5, 0.6) is 0 Å². The highest BCUT2D eigenvalue weighted by molar-refractivity contribution is 5.28. The highest BCUT2D eigenvalue weighted by Gasteiger charge is 2.09. The lowest BCUT2D eigenvalue weighted by molar-refractivity contribution is 0.588. The SMILES string of the molecule is CCC(CC)Nc1nccn1C(C)C. The largest absolute Gasteiger partial charge is 0.353 e. The highest BCUT2D eigenvalue weighted by atomic mass is 15.2. The van der Waals surface area contributed by atoms with Crippen LogP contribution in [0.25, 0.3) is 0 Å². The molecule has 1 heterocycles. The summed E-state index contributed by atoms with van der Waals surface area (Å²) in [4.78, 5) is 4.32. The summed E-state index contributed by atoms with van der Waals surface area (Å²) in [7, 11) is 0. The molecule has 0 aliphatic rings. The molecule has 0 fully saturated rings. The average Bonchev–Trinajstić information content (AvgIpc) is 2.62. The van der Waals surface area contributed by atoms with Crippen LogP contribution in [-0.2, 0) is 0 Å². The van der Waals surface area contributed by atoms with Gasteiger partial charge in [-0.25, -0.2) is 4.98 Å². The lowest BCUT2D eigenvalue weighted by Crippen LogP contribution is -2.20. The first-order valence-electron chi connectivity index (χ1n) is 5.48. The average molecular weight is 195 g/mol. The Morgan fingerprint density at radius 3 is 2.50 bits per heavy atom. The molecule has 0 aliphatic carbocycles. The van der Waals surface area contributed by atoms with E-state index in [0.717, 1.165) is 18.8 Å². The zero-order valence-electron chi connectivity index (χ0n) is 9.62. The highest BCUT2D eigenvalue weighted by Crippen LogP contribution is 2.14. The minimum absolute atomic E-state index is 0.467. The molecular weight excluding hydrogens is 174 g/mol. The number of hydrogen-bond acceptors (Lipinski definition) is 2. The van der Waals surface area contributed by atoms with Crippen molar-refractivity contribution in [3.05, 3.63) is 12.4 Å². The second-order valence-corrected chi connectivity index (χ2v) is 3.91. The Morgan fingerprint density at radius 1 is 1.36 bits per heavy atom. The van der Waals surface area contributed by atoms with Crippen molar-refractivity contribution in [3.8, 4) is 0 Å². The van der Waals surface area contributed by atoms with E-state index >= 15 is 0 Å². The van der Waals surface area contributed by atoms with Gasteiger partial charge in [-0.05, 0) is 26.7 Å². The van der Waals surface area contributed by atoms with Crippen molar-refractivity contribution < 1.29 is 0 Å². The Bertz CT molecular complexity index is 261. The molecule has 14 heavy (non-hydrogen) atoms. The summed E-state index contributed by atoms with van der Waals surface area (Å²) in [5.41, 5.74) is 0. The van der Waals surface area contributed by atoms with Crippen LogP contribution in [0.2, 0.25) is 0 Å². The third kappa shape index (κ3) is 2.50. The topological polar surface area (TPSA) is 29.9 Å². The summed E-state index contributed by atoms with van der Waals surface area (Å²) in [5, 5.41) is 3.46. The minimum atomic E-state index is 0.467. The van der Waals surface area contributed by atoms with Crippen molar-refractivity contribution in [3.63, 3.8) is 0 Å². The third-order valence-corrected chi connectivity index (χ3v) is 2.54. The Morgan fingerprint density at radius 2 is 2.00 bits per heavy atom. The number of aromatic nitrogens is 2. The first kappa shape index (κ1) is 11.1. The Balaban J connectivity index is 2.70. The first-order chi connectivity index (χ1) is 6.69. The van der Waals surface area contributed by atoms with E-state index in [9.17, 15) is 0 Å². The fourth-order valence-electron chi connectivity index (χ4n) is 1.52. The molecule has 1 aromatic heterocycles. The van der Waals surface area contributed by atoms with Gasteiger partial charge in [0.05, 0.1) is 0 Å². The quantitative estimate of drug-likeness (QED) is 0.782. The van der Waals surface area contributed by atoms with Crippen molar-refractivity contribution in [1.29, 1.82) is 0 Å². The van der Waals surface area contributed by atoms with Gasteiger partial charge in [-0.3, -0.25) is 0 Å². The van der Waals surface area contributed by atoms with E-state index in [1.54, 1.807) is 0 Å². The van der Waals surface area contributed by atoms with E-state index in [1.807, 2.05) is 12.4 Å². The van der Waals surface area contributed by atoms with Gasteiger partial charge in [0.25, 0.3) is 0 Å². The van der Waals surface area contributed by atoms with Crippen molar-refractivity contribution >= 4 is 5.95 Å². The Hall–Kier alpha value is -0.990. The van der Waals surface area contributed by atoms with Crippen LogP contribution >= 0.6 is 0 Å². The van der Waals surface area contributed by atoms with Crippen LogP contribution in [0.1, 0.15) is 46.6 Å². The molecule has 1 aromatic rings. The summed E-state index contributed by atoms with van der Waals surface area (Å²) < 4.78 is 2.16. The van der Waals surface area contributed by atoms with Crippen molar-refractivity contribution in [1.82, 2.24) is 9.55 Å². The van der Waals surface area contributed by atoms with Crippen LogP contribution in [0.3, 0.4) is 0 Å². The van der Waals surface area contributed by atoms with E-state index < -0.39 is 0 Å². The summed E-state index contributed by atoms with van der Waals surface area (Å²) in [6, 6.07) is 1.00. The maximum Gasteiger partial charge on any atom is 0.203 e. The number of nitrogens with one attached hydrogen (secondary N) is 1. The third-order valence-electron chi connectivity index (χ3n) is 2.54. The molecule has 0 saturated heterocycles. The molecule has 1 N–H and O–H groups in total. The standard InChI is InChI=1S/C11H21N3/c1-5-10(6-2)13-11-12-7-8-14(11)9(3)4/h7-10H,5-6H2,1-4H3,(H,12,13). The Labute approximate surface area is 86.5 Å². The molecule has 80 valence electrons. The lowest BCUT2D eigenvalue weighted by atomic mass is 10.2. The lowest BCUT2D eigenvalue weighted by Gasteiger charge is -2.18. The van der Waals surface area contributed by atoms with Gasteiger partial charge in [-0.2, -0.15) is 0 Å². The number of nitrogens with zero attached hydrogens (tertiary/aromatic N) is 2. The summed E-state index contributed by atoms with van der Waals surface area (Å²) in [6.07, 6.45) is 6.16. The van der Waals surface area contributed by atoms with Gasteiger partial charge >= 0.3 is 0 Å². The number of hydrogen-bond donors (Lipinski definition) is 1. The fraction of sp³-hybridized carbons (Fsp3) is 0.727. The maximum absolute atomic E-state index is 4.32. The minimum Gasteiger partial charge on any atom is -0.353 e. The molecule has 0 saturated carbocycles. The van der Waals surface area contributed by atoms with Crippen LogP contribution in [0, 0.1) is 0 Å². The van der Waals surface area contributed by atoms with Crippen molar-refractivity contribution in [2.75, 3.05) is 5.32 Å². The summed E-state index contributed by atoms with van der Waals surface area (Å²) in [5.74, 6) is 0.994. The van der Waals surface area contributed by atoms with Gasteiger partial charge in [0.15, 0.2) is 0 Å². The second-order valence-electron chi connectivity index (χ2n) is 3.91. The van der Waals surface area contributed by atoms with E-state index in [2.05, 4.69) is 42.6 Å². The molecule has 0 spiro atoms. The first-order valence-corrected chi connectivity index (χ1v) is 5.48. The molecule has 0 amide bonds. The van der Waals surface area contributed by atoms with Gasteiger partial charge in [-0.1, -0.05) is 13.8 Å². The van der Waals surface area contributed by atoms with Gasteiger partial charge in [0, 0.05) is 24.5 Å². The van der Waals surface area contributed by atoms with Gasteiger partial charge in [0.2, 0.25) is 5.95 Å². The molecule has 1 rings (SSSR count). The zero-order valence-corrected chi connectivity index (χ0v) is 9.62. The predicted octanol–water partition coefficient (Wildman–Crippen LogP) is 3.06. The smallest absolute Gasteiger partial charge is 0.203 e. The molecule has 0 aromatic carbocycles. The van der Waals surface area contributed by atoms with Gasteiger partial charge in [0.1, 0.15) is 0 Å². The molecule has 0 aliphatic heterocycles. The molecule has 3 nitrogen and oxygen atoms in total. The number of rotatable bonds is 5. The predicted molar refractivity (Wildman–Crippen MR) is 60.6 cm³/mol. The number of imidazole rings is 1.